The average Bonchev–Trinajstić information content (AvgIpc) is 2.92. The molecule has 1 unspecified atom stereocenters. The van der Waals surface area contributed by atoms with Crippen LogP contribution in [0.5, 0.6) is 0 Å². The highest BCUT2D eigenvalue weighted by atomic mass is 16.7. The van der Waals surface area contributed by atoms with Crippen LogP contribution in [0.25, 0.3) is 0 Å². The largest absolute Gasteiger partial charge is 0.457 e. The van der Waals surface area contributed by atoms with Crippen LogP contribution in [0.15, 0.2) is 0 Å². The molecule has 4 aliphatic rings. The van der Waals surface area contributed by atoms with Gasteiger partial charge in [-0.3, -0.25) is 9.59 Å². The van der Waals surface area contributed by atoms with Gasteiger partial charge in [0.25, 0.3) is 0 Å². The summed E-state index contributed by atoms with van der Waals surface area (Å²) in [5.74, 6) is 0.133. The minimum Gasteiger partial charge on any atom is -0.403 e. The van der Waals surface area contributed by atoms with Crippen molar-refractivity contribution < 1.29 is 18.9 Å². The van der Waals surface area contributed by atoms with E-state index < -0.39 is 6.04 Å². The highest BCUT2D eigenvalue weighted by Crippen LogP contribution is 2.70. The van der Waals surface area contributed by atoms with Crippen LogP contribution in [0.3, 0.4) is 0 Å². The molecule has 0 aromatic heterocycles. The van der Waals surface area contributed by atoms with Gasteiger partial charge in [0.2, 0.25) is 11.8 Å². The van der Waals surface area contributed by atoms with Crippen LogP contribution in [-0.2, 0) is 18.9 Å². The predicted octanol–water partition coefficient (Wildman–Crippen LogP) is 0.438. The Labute approximate surface area is 149 Å². The first kappa shape index (κ1) is 18.7. The molecule has 7 nitrogen and oxygen atoms in total. The van der Waals surface area contributed by atoms with Crippen molar-refractivity contribution in [1.82, 2.24) is 10.6 Å². The van der Waals surface area contributed by atoms with E-state index in [4.69, 9.17) is 15.0 Å². The van der Waals surface area contributed by atoms with E-state index in [1.807, 2.05) is 0 Å². The van der Waals surface area contributed by atoms with Gasteiger partial charge in [-0.15, -0.1) is 0 Å². The van der Waals surface area contributed by atoms with Crippen LogP contribution in [-0.4, -0.2) is 49.8 Å². The van der Waals surface area contributed by atoms with Gasteiger partial charge in [0.05, 0.1) is 23.8 Å². The number of rotatable bonds is 6. The number of likely N-dealkylation sites (N-methyl/N-ethyl adjacent to an activating group) is 1. The fourth-order valence-corrected chi connectivity index (χ4v) is 5.04. The number of carbonyl (C=O) groups is 2. The molecule has 25 heavy (non-hydrogen) atoms. The molecule has 3 aliphatic carbocycles. The summed E-state index contributed by atoms with van der Waals surface area (Å²) < 4.78 is 12.7. The zero-order valence-electron chi connectivity index (χ0n) is 15.7. The minimum absolute atomic E-state index is 0.0593. The van der Waals surface area contributed by atoms with E-state index in [0.717, 1.165) is 12.8 Å². The first-order valence-electron chi connectivity index (χ1n) is 9.25. The number of hydrogen-bond donors (Lipinski definition) is 3. The highest BCUT2D eigenvalue weighted by Gasteiger charge is 2.75. The van der Waals surface area contributed by atoms with Gasteiger partial charge < -0.3 is 25.7 Å². The minimum atomic E-state index is -0.674. The van der Waals surface area contributed by atoms with Crippen molar-refractivity contribution in [3.63, 3.8) is 0 Å². The normalized spacial score (nSPS) is 36.2. The molecule has 0 aromatic rings. The summed E-state index contributed by atoms with van der Waals surface area (Å²) in [6.45, 7) is 6.67. The molecule has 1 heterocycles. The van der Waals surface area contributed by atoms with Crippen LogP contribution in [0.2, 0.25) is 6.32 Å². The van der Waals surface area contributed by atoms with Gasteiger partial charge in [0, 0.05) is 7.05 Å². The van der Waals surface area contributed by atoms with E-state index in [2.05, 4.69) is 31.4 Å². The number of amides is 2. The summed E-state index contributed by atoms with van der Waals surface area (Å²) in [4.78, 5) is 23.1. The van der Waals surface area contributed by atoms with Crippen LogP contribution in [0.1, 0.15) is 46.5 Å². The topological polar surface area (TPSA) is 103 Å². The maximum Gasteiger partial charge on any atom is 0.457 e. The Morgan fingerprint density at radius 1 is 1.32 bits per heavy atom. The smallest absolute Gasteiger partial charge is 0.403 e. The van der Waals surface area contributed by atoms with Crippen molar-refractivity contribution in [2.75, 3.05) is 13.6 Å². The monoisotopic (exact) mass is 351 g/mol. The molecule has 140 valence electrons. The number of hydrogen-bond acceptors (Lipinski definition) is 5. The molecule has 4 rings (SSSR count). The predicted molar refractivity (Wildman–Crippen MR) is 94.7 cm³/mol. The van der Waals surface area contributed by atoms with E-state index in [0.29, 0.717) is 18.7 Å². The van der Waals surface area contributed by atoms with E-state index in [9.17, 15) is 9.59 Å². The number of nitrogens with one attached hydrogen (secondary N) is 2. The van der Waals surface area contributed by atoms with E-state index >= 15 is 0 Å². The molecular weight excluding hydrogens is 321 g/mol. The summed E-state index contributed by atoms with van der Waals surface area (Å²) in [6.07, 6.45) is 4.30. The SMILES string of the molecule is CNC(=O)CNC(=O)[C@@H](N)CCB1O[C@@]2(C)CCC3C[C@@]2(O1)C3(C)C. The maximum absolute atomic E-state index is 12.0. The van der Waals surface area contributed by atoms with Crippen molar-refractivity contribution >= 4 is 18.9 Å². The van der Waals surface area contributed by atoms with E-state index in [1.165, 1.54) is 13.5 Å². The van der Waals surface area contributed by atoms with Crippen molar-refractivity contribution in [2.24, 2.45) is 17.1 Å². The zero-order valence-corrected chi connectivity index (χ0v) is 15.7. The van der Waals surface area contributed by atoms with E-state index in [-0.39, 0.29) is 42.1 Å². The molecule has 0 radical (unpaired) electrons. The Kier molecular flexibility index (Phi) is 4.67. The van der Waals surface area contributed by atoms with Crippen molar-refractivity contribution in [2.45, 2.75) is 70.0 Å². The van der Waals surface area contributed by atoms with Crippen LogP contribution in [0.4, 0.5) is 0 Å². The zero-order chi connectivity index (χ0) is 18.5. The summed E-state index contributed by atoms with van der Waals surface area (Å²) >= 11 is 0. The fraction of sp³-hybridized carbons (Fsp3) is 0.882. The molecule has 2 bridgehead atoms. The molecule has 1 spiro atoms. The molecule has 2 amide bonds. The Morgan fingerprint density at radius 2 is 2.04 bits per heavy atom. The molecule has 8 heteroatoms. The standard InChI is InChI=1S/C17H30BN3O4/c1-15(2)11-5-7-16(3)17(15,9-11)25-18(24-16)8-6-12(19)14(23)21-10-13(22)20-4/h11-12H,5-10,19H2,1-4H3,(H,20,22)(H,21,23)/t11?,12-,16-,17+/m0/s1. The third-order valence-corrected chi connectivity index (χ3v) is 6.90. The fourth-order valence-electron chi connectivity index (χ4n) is 5.04. The molecular formula is C17H30BN3O4. The second-order valence-corrected chi connectivity index (χ2v) is 8.46. The third-order valence-electron chi connectivity index (χ3n) is 6.90. The van der Waals surface area contributed by atoms with Gasteiger partial charge in [0.1, 0.15) is 0 Å². The number of nitrogens with two attached hydrogens (primary N) is 1. The summed E-state index contributed by atoms with van der Waals surface area (Å²) in [5, 5.41) is 4.99. The van der Waals surface area contributed by atoms with Crippen LogP contribution in [0, 0.1) is 11.3 Å². The third kappa shape index (κ3) is 2.78. The van der Waals surface area contributed by atoms with Gasteiger partial charge in [-0.1, -0.05) is 13.8 Å². The molecule has 4 atom stereocenters. The lowest BCUT2D eigenvalue weighted by atomic mass is 9.41. The van der Waals surface area contributed by atoms with E-state index in [1.54, 1.807) is 0 Å². The van der Waals surface area contributed by atoms with Crippen molar-refractivity contribution in [3.8, 4) is 0 Å². The second kappa shape index (κ2) is 6.25. The molecule has 0 aromatic carbocycles. The van der Waals surface area contributed by atoms with Gasteiger partial charge in [-0.2, -0.15) is 0 Å². The summed E-state index contributed by atoms with van der Waals surface area (Å²) in [5.41, 5.74) is 5.61. The highest BCUT2D eigenvalue weighted by molar-refractivity contribution is 6.45. The molecule has 3 saturated carbocycles. The Balaban J connectivity index is 1.52. The lowest BCUT2D eigenvalue weighted by molar-refractivity contribution is -0.257. The Hall–Kier alpha value is -1.12. The molecule has 1 aliphatic heterocycles. The van der Waals surface area contributed by atoms with Gasteiger partial charge in [-0.25, -0.2) is 0 Å². The Bertz CT molecular complexity index is 572. The Morgan fingerprint density at radius 3 is 2.64 bits per heavy atom. The maximum atomic E-state index is 12.0. The van der Waals surface area contributed by atoms with Gasteiger partial charge in [0.15, 0.2) is 0 Å². The average molecular weight is 351 g/mol. The second-order valence-electron chi connectivity index (χ2n) is 8.46. The lowest BCUT2D eigenvalue weighted by Crippen LogP contribution is -2.73. The van der Waals surface area contributed by atoms with Crippen LogP contribution >= 0.6 is 0 Å². The first-order chi connectivity index (χ1) is 11.6. The lowest BCUT2D eigenvalue weighted by Gasteiger charge is -2.69. The summed E-state index contributed by atoms with van der Waals surface area (Å²) in [7, 11) is 1.20. The van der Waals surface area contributed by atoms with Crippen LogP contribution < -0.4 is 16.4 Å². The molecule has 1 saturated heterocycles. The molecule has 4 N–H and O–H groups in total. The van der Waals surface area contributed by atoms with Crippen molar-refractivity contribution in [3.05, 3.63) is 0 Å². The number of fused-ring (bicyclic) bond motifs is 1. The van der Waals surface area contributed by atoms with Crippen molar-refractivity contribution in [1.29, 1.82) is 0 Å². The first-order valence-corrected chi connectivity index (χ1v) is 9.25. The van der Waals surface area contributed by atoms with Gasteiger partial charge in [-0.05, 0) is 50.3 Å². The molecule has 4 fully saturated rings. The van der Waals surface area contributed by atoms with Gasteiger partial charge >= 0.3 is 7.12 Å². The number of carbonyl (C=O) groups excluding carboxylic acids is 2. The quantitative estimate of drug-likeness (QED) is 0.603. The summed E-state index contributed by atoms with van der Waals surface area (Å²) in [6, 6.07) is -0.674.